The Kier molecular flexibility index (Phi) is 4.64. The smallest absolute Gasteiger partial charge is 0.272 e. The zero-order chi connectivity index (χ0) is 20.5. The molecule has 150 valence electrons. The highest BCUT2D eigenvalue weighted by Crippen LogP contribution is 2.29. The third-order valence-electron chi connectivity index (χ3n) is 4.90. The first-order valence-corrected chi connectivity index (χ1v) is 10.2. The monoisotopic (exact) mass is 419 g/mol. The predicted octanol–water partition coefficient (Wildman–Crippen LogP) is 3.58. The number of H-pyrrole nitrogens is 1. The first-order chi connectivity index (χ1) is 14.7. The minimum Gasteiger partial charge on any atom is -0.472 e. The van der Waals surface area contributed by atoms with Crippen molar-refractivity contribution in [3.05, 3.63) is 76.8 Å². The van der Waals surface area contributed by atoms with E-state index in [1.165, 1.54) is 23.9 Å². The lowest BCUT2D eigenvalue weighted by Gasteiger charge is -2.25. The van der Waals surface area contributed by atoms with Crippen molar-refractivity contribution in [3.63, 3.8) is 0 Å². The largest absolute Gasteiger partial charge is 0.472 e. The fourth-order valence-corrected chi connectivity index (χ4v) is 4.36. The standard InChI is InChI=1S/C21H17N5O3S/c27-19(14-7-9-29-12-14)23-21-22-15-6-8-26(11-18(15)30-21)20(28)17-10-16(24-25-17)13-4-2-1-3-5-13/h1-5,7,9-10,12H,6,8,11H2,(H,24,25)(H,22,23,27). The molecule has 0 atom stereocenters. The number of fused-ring (bicyclic) bond motifs is 1. The van der Waals surface area contributed by atoms with Gasteiger partial charge in [0.25, 0.3) is 11.8 Å². The van der Waals surface area contributed by atoms with E-state index in [4.69, 9.17) is 4.42 Å². The molecule has 0 saturated heterocycles. The number of carbonyl (C=O) groups is 2. The highest BCUT2D eigenvalue weighted by molar-refractivity contribution is 7.15. The van der Waals surface area contributed by atoms with Crippen LogP contribution in [-0.2, 0) is 13.0 Å². The molecule has 1 aromatic carbocycles. The minimum atomic E-state index is -0.270. The van der Waals surface area contributed by atoms with E-state index in [9.17, 15) is 9.59 Å². The molecule has 9 heteroatoms. The van der Waals surface area contributed by atoms with E-state index in [2.05, 4.69) is 20.5 Å². The van der Waals surface area contributed by atoms with Gasteiger partial charge in [-0.3, -0.25) is 20.0 Å². The molecular formula is C21H17N5O3S. The fraction of sp³-hybridized carbons (Fsp3) is 0.143. The maximum Gasteiger partial charge on any atom is 0.272 e. The summed E-state index contributed by atoms with van der Waals surface area (Å²) in [7, 11) is 0. The molecule has 1 aliphatic heterocycles. The van der Waals surface area contributed by atoms with Gasteiger partial charge in [0.1, 0.15) is 12.0 Å². The molecule has 2 amide bonds. The van der Waals surface area contributed by atoms with Gasteiger partial charge in [0.2, 0.25) is 0 Å². The molecule has 0 fully saturated rings. The number of furan rings is 1. The molecular weight excluding hydrogens is 402 g/mol. The Balaban J connectivity index is 1.29. The second kappa shape index (κ2) is 7.60. The van der Waals surface area contributed by atoms with Crippen molar-refractivity contribution in [2.75, 3.05) is 11.9 Å². The van der Waals surface area contributed by atoms with Gasteiger partial charge in [-0.2, -0.15) is 5.10 Å². The van der Waals surface area contributed by atoms with Crippen LogP contribution in [0.2, 0.25) is 0 Å². The van der Waals surface area contributed by atoms with Crippen molar-refractivity contribution in [3.8, 4) is 11.3 Å². The second-order valence-corrected chi connectivity index (χ2v) is 7.95. The van der Waals surface area contributed by atoms with Crippen LogP contribution in [0, 0.1) is 0 Å². The predicted molar refractivity (Wildman–Crippen MR) is 111 cm³/mol. The van der Waals surface area contributed by atoms with Gasteiger partial charge in [-0.1, -0.05) is 41.7 Å². The Hall–Kier alpha value is -3.72. The molecule has 0 aliphatic carbocycles. The number of carbonyl (C=O) groups excluding carboxylic acids is 2. The van der Waals surface area contributed by atoms with Crippen LogP contribution in [0.15, 0.2) is 59.4 Å². The van der Waals surface area contributed by atoms with Gasteiger partial charge in [0, 0.05) is 23.4 Å². The molecule has 5 rings (SSSR count). The summed E-state index contributed by atoms with van der Waals surface area (Å²) < 4.78 is 4.94. The quantitative estimate of drug-likeness (QED) is 0.526. The number of nitrogens with zero attached hydrogens (tertiary/aromatic N) is 3. The number of rotatable bonds is 4. The number of amides is 2. The summed E-state index contributed by atoms with van der Waals surface area (Å²) in [5, 5.41) is 10.4. The number of aromatic amines is 1. The Bertz CT molecular complexity index is 1200. The highest BCUT2D eigenvalue weighted by atomic mass is 32.1. The fourth-order valence-electron chi connectivity index (χ4n) is 3.34. The Morgan fingerprint density at radius 1 is 1.20 bits per heavy atom. The van der Waals surface area contributed by atoms with Crippen molar-refractivity contribution in [1.29, 1.82) is 0 Å². The molecule has 0 saturated carbocycles. The lowest BCUT2D eigenvalue weighted by Crippen LogP contribution is -2.35. The lowest BCUT2D eigenvalue weighted by molar-refractivity contribution is 0.0730. The highest BCUT2D eigenvalue weighted by Gasteiger charge is 2.26. The molecule has 2 N–H and O–H groups in total. The lowest BCUT2D eigenvalue weighted by atomic mass is 10.1. The van der Waals surface area contributed by atoms with E-state index < -0.39 is 0 Å². The number of thiazole rings is 1. The number of benzene rings is 1. The van der Waals surface area contributed by atoms with E-state index in [0.29, 0.717) is 35.9 Å². The van der Waals surface area contributed by atoms with Gasteiger partial charge >= 0.3 is 0 Å². The number of nitrogens with one attached hydrogen (secondary N) is 2. The SMILES string of the molecule is O=C(Nc1nc2c(s1)CN(C(=O)c1cc(-c3ccccc3)n[nH]1)CC2)c1ccoc1. The first-order valence-electron chi connectivity index (χ1n) is 9.39. The van der Waals surface area contributed by atoms with E-state index in [1.54, 1.807) is 17.0 Å². The maximum atomic E-state index is 13.0. The van der Waals surface area contributed by atoms with Crippen molar-refractivity contribution in [1.82, 2.24) is 20.1 Å². The Labute approximate surface area is 175 Å². The van der Waals surface area contributed by atoms with Crippen LogP contribution in [0.1, 0.15) is 31.4 Å². The molecule has 3 aromatic heterocycles. The summed E-state index contributed by atoms with van der Waals surface area (Å²) >= 11 is 1.39. The molecule has 0 spiro atoms. The zero-order valence-electron chi connectivity index (χ0n) is 15.8. The molecule has 8 nitrogen and oxygen atoms in total. The first kappa shape index (κ1) is 18.3. The summed E-state index contributed by atoms with van der Waals surface area (Å²) in [6.45, 7) is 1.01. The van der Waals surface area contributed by atoms with Crippen molar-refractivity contribution in [2.45, 2.75) is 13.0 Å². The summed E-state index contributed by atoms with van der Waals surface area (Å²) in [6, 6.07) is 13.1. The molecule has 30 heavy (non-hydrogen) atoms. The van der Waals surface area contributed by atoms with Gasteiger partial charge in [0.05, 0.1) is 29.8 Å². The van der Waals surface area contributed by atoms with Crippen LogP contribution in [-0.4, -0.2) is 38.4 Å². The molecule has 0 unspecified atom stereocenters. The third kappa shape index (κ3) is 3.50. The second-order valence-electron chi connectivity index (χ2n) is 6.86. The van der Waals surface area contributed by atoms with Crippen LogP contribution in [0.5, 0.6) is 0 Å². The topological polar surface area (TPSA) is 104 Å². The summed E-state index contributed by atoms with van der Waals surface area (Å²) in [5.41, 5.74) is 3.50. The minimum absolute atomic E-state index is 0.104. The van der Waals surface area contributed by atoms with Crippen molar-refractivity contribution in [2.24, 2.45) is 0 Å². The molecule has 4 heterocycles. The number of hydrogen-bond acceptors (Lipinski definition) is 6. The summed E-state index contributed by atoms with van der Waals surface area (Å²) in [6.07, 6.45) is 3.47. The van der Waals surface area contributed by atoms with Gasteiger partial charge in [0.15, 0.2) is 5.13 Å². The third-order valence-corrected chi connectivity index (χ3v) is 5.90. The van der Waals surface area contributed by atoms with Crippen molar-refractivity contribution < 1.29 is 14.0 Å². The summed E-state index contributed by atoms with van der Waals surface area (Å²) in [5.74, 6) is -0.374. The van der Waals surface area contributed by atoms with E-state index in [1.807, 2.05) is 30.3 Å². The van der Waals surface area contributed by atoms with Crippen LogP contribution < -0.4 is 5.32 Å². The van der Waals surface area contributed by atoms with Crippen LogP contribution in [0.25, 0.3) is 11.3 Å². The van der Waals surface area contributed by atoms with E-state index in [0.717, 1.165) is 21.8 Å². The van der Waals surface area contributed by atoms with Gasteiger partial charge < -0.3 is 9.32 Å². The molecule has 0 radical (unpaired) electrons. The van der Waals surface area contributed by atoms with Gasteiger partial charge in [-0.05, 0) is 12.1 Å². The average molecular weight is 419 g/mol. The van der Waals surface area contributed by atoms with E-state index in [-0.39, 0.29) is 11.8 Å². The summed E-state index contributed by atoms with van der Waals surface area (Å²) in [4.78, 5) is 32.4. The van der Waals surface area contributed by atoms with Crippen LogP contribution in [0.4, 0.5) is 5.13 Å². The Morgan fingerprint density at radius 3 is 2.87 bits per heavy atom. The van der Waals surface area contributed by atoms with Gasteiger partial charge in [-0.15, -0.1) is 0 Å². The van der Waals surface area contributed by atoms with Crippen molar-refractivity contribution >= 4 is 28.3 Å². The van der Waals surface area contributed by atoms with Gasteiger partial charge in [-0.25, -0.2) is 4.98 Å². The average Bonchev–Trinajstić information content (AvgIpc) is 3.53. The number of aromatic nitrogens is 3. The van der Waals surface area contributed by atoms with E-state index >= 15 is 0 Å². The Morgan fingerprint density at radius 2 is 2.07 bits per heavy atom. The molecule has 0 bridgehead atoms. The van der Waals surface area contributed by atoms with Crippen LogP contribution in [0.3, 0.4) is 0 Å². The zero-order valence-corrected chi connectivity index (χ0v) is 16.6. The maximum absolute atomic E-state index is 13.0. The number of anilines is 1. The molecule has 1 aliphatic rings. The number of hydrogen-bond donors (Lipinski definition) is 2. The van der Waals surface area contributed by atoms with Crippen LogP contribution >= 0.6 is 11.3 Å². The molecule has 4 aromatic rings. The normalized spacial score (nSPS) is 13.1.